The highest BCUT2D eigenvalue weighted by atomic mass is 32.2. The Hall–Kier alpha value is -2.16. The first-order valence-electron chi connectivity index (χ1n) is 7.83. The van der Waals surface area contributed by atoms with E-state index in [1.54, 1.807) is 27.7 Å². The molecule has 0 heterocycles. The molecule has 140 valence electrons. The number of amides is 1. The Bertz CT molecular complexity index is 762. The van der Waals surface area contributed by atoms with E-state index in [-0.39, 0.29) is 11.4 Å². The van der Waals surface area contributed by atoms with Crippen molar-refractivity contribution in [3.8, 4) is 0 Å². The van der Waals surface area contributed by atoms with Crippen molar-refractivity contribution >= 4 is 21.5 Å². The number of nitrogens with zero attached hydrogens (tertiary/aromatic N) is 2. The zero-order valence-electron chi connectivity index (χ0n) is 15.2. The smallest absolute Gasteiger partial charge is 0.407 e. The molecule has 1 N–H and O–H groups in total. The van der Waals surface area contributed by atoms with Crippen molar-refractivity contribution in [1.82, 2.24) is 5.32 Å². The number of nitrogens with one attached hydrogen (secondary N) is 1. The van der Waals surface area contributed by atoms with Gasteiger partial charge in [-0.2, -0.15) is 0 Å². The first kappa shape index (κ1) is 20.9. The Morgan fingerprint density at radius 2 is 2.04 bits per heavy atom. The highest BCUT2D eigenvalue weighted by Crippen LogP contribution is 2.24. The lowest BCUT2D eigenvalue weighted by Gasteiger charge is -2.19. The van der Waals surface area contributed by atoms with Crippen LogP contribution in [0.15, 0.2) is 27.5 Å². The van der Waals surface area contributed by atoms with Crippen LogP contribution in [0.4, 0.5) is 10.5 Å². The van der Waals surface area contributed by atoms with Gasteiger partial charge in [0.25, 0.3) is 5.69 Å². The average Bonchev–Trinajstić information content (AvgIpc) is 2.49. The predicted octanol–water partition coefficient (Wildman–Crippen LogP) is 3.27. The van der Waals surface area contributed by atoms with Crippen LogP contribution in [0.3, 0.4) is 0 Å². The third-order valence-electron chi connectivity index (χ3n) is 3.27. The van der Waals surface area contributed by atoms with Gasteiger partial charge in [-0.25, -0.2) is 13.4 Å². The van der Waals surface area contributed by atoms with Gasteiger partial charge in [0, 0.05) is 31.5 Å². The topological polar surface area (TPSA) is 111 Å². The fourth-order valence-corrected chi connectivity index (χ4v) is 4.15. The number of carbonyl (C=O) groups is 1. The zero-order chi connectivity index (χ0) is 19.3. The number of nitro benzene ring substituents is 1. The molecule has 1 rings (SSSR count). The maximum absolute atomic E-state index is 13.1. The molecule has 0 spiro atoms. The van der Waals surface area contributed by atoms with Crippen molar-refractivity contribution in [2.75, 3.05) is 19.3 Å². The van der Waals surface area contributed by atoms with Gasteiger partial charge < -0.3 is 10.1 Å². The molecule has 0 saturated carbocycles. The molecule has 0 aromatic heterocycles. The van der Waals surface area contributed by atoms with E-state index in [0.29, 0.717) is 23.4 Å². The molecule has 1 aromatic carbocycles. The monoisotopic (exact) mass is 371 g/mol. The summed E-state index contributed by atoms with van der Waals surface area (Å²) in [5.74, 6) is 0.234. The third kappa shape index (κ3) is 6.33. The molecule has 0 fully saturated rings. The minimum Gasteiger partial charge on any atom is -0.444 e. The summed E-state index contributed by atoms with van der Waals surface area (Å²) in [6.45, 7) is 7.28. The SMILES string of the molecule is CN=S(=O)(CCCNC(=O)OC(C)(C)C)c1ccc([N+](=O)[O-])cc1C. The number of ether oxygens (including phenoxy) is 1. The zero-order valence-corrected chi connectivity index (χ0v) is 16.0. The number of rotatable bonds is 6. The van der Waals surface area contributed by atoms with Gasteiger partial charge in [0.15, 0.2) is 0 Å². The highest BCUT2D eigenvalue weighted by Gasteiger charge is 2.18. The summed E-state index contributed by atoms with van der Waals surface area (Å²) in [7, 11) is -1.24. The first-order chi connectivity index (χ1) is 11.5. The lowest BCUT2D eigenvalue weighted by atomic mass is 10.2. The van der Waals surface area contributed by atoms with Crippen LogP contribution in [0.2, 0.25) is 0 Å². The number of aryl methyl sites for hydroxylation is 1. The molecule has 8 nitrogen and oxygen atoms in total. The Kier molecular flexibility index (Phi) is 6.92. The molecular weight excluding hydrogens is 346 g/mol. The lowest BCUT2D eigenvalue weighted by Crippen LogP contribution is -2.33. The van der Waals surface area contributed by atoms with Crippen molar-refractivity contribution in [2.24, 2.45) is 4.36 Å². The van der Waals surface area contributed by atoms with Crippen LogP contribution in [0, 0.1) is 17.0 Å². The van der Waals surface area contributed by atoms with E-state index < -0.39 is 26.3 Å². The number of nitro groups is 1. The molecule has 0 aliphatic rings. The lowest BCUT2D eigenvalue weighted by molar-refractivity contribution is -0.385. The molecule has 1 unspecified atom stereocenters. The maximum atomic E-state index is 13.1. The largest absolute Gasteiger partial charge is 0.444 e. The van der Waals surface area contributed by atoms with Crippen LogP contribution in [0.1, 0.15) is 32.8 Å². The molecule has 0 aliphatic carbocycles. The number of hydrogen-bond acceptors (Lipinski definition) is 6. The van der Waals surface area contributed by atoms with Crippen molar-refractivity contribution in [3.63, 3.8) is 0 Å². The first-order valence-corrected chi connectivity index (χ1v) is 9.52. The Labute approximate surface area is 148 Å². The summed E-state index contributed by atoms with van der Waals surface area (Å²) in [5.41, 5.74) is -0.0673. The Morgan fingerprint density at radius 3 is 2.52 bits per heavy atom. The third-order valence-corrected chi connectivity index (χ3v) is 5.85. The Morgan fingerprint density at radius 1 is 1.40 bits per heavy atom. The van der Waals surface area contributed by atoms with E-state index in [1.807, 2.05) is 0 Å². The fourth-order valence-electron chi connectivity index (χ4n) is 2.18. The molecule has 0 aliphatic heterocycles. The molecule has 9 heteroatoms. The van der Waals surface area contributed by atoms with Gasteiger partial charge in [-0.05, 0) is 45.7 Å². The van der Waals surface area contributed by atoms with Crippen molar-refractivity contribution in [2.45, 2.75) is 44.6 Å². The minimum absolute atomic E-state index is 0.0503. The van der Waals surface area contributed by atoms with E-state index in [9.17, 15) is 19.1 Å². The van der Waals surface area contributed by atoms with Crippen molar-refractivity contribution in [1.29, 1.82) is 0 Å². The molecule has 0 bridgehead atoms. The van der Waals surface area contributed by atoms with Gasteiger partial charge in [0.1, 0.15) is 5.60 Å². The second-order valence-corrected chi connectivity index (χ2v) is 9.01. The van der Waals surface area contributed by atoms with Crippen LogP contribution in [-0.2, 0) is 14.5 Å². The van der Waals surface area contributed by atoms with Gasteiger partial charge in [0.05, 0.1) is 19.5 Å². The van der Waals surface area contributed by atoms with Crippen LogP contribution < -0.4 is 5.32 Å². The van der Waals surface area contributed by atoms with E-state index in [0.717, 1.165) is 0 Å². The van der Waals surface area contributed by atoms with Crippen LogP contribution in [0.25, 0.3) is 0 Å². The van der Waals surface area contributed by atoms with E-state index in [4.69, 9.17) is 4.74 Å². The number of alkyl carbamates (subject to hydrolysis) is 1. The second-order valence-electron chi connectivity index (χ2n) is 6.52. The van der Waals surface area contributed by atoms with E-state index >= 15 is 0 Å². The maximum Gasteiger partial charge on any atom is 0.407 e. The van der Waals surface area contributed by atoms with Gasteiger partial charge in [-0.3, -0.25) is 10.1 Å². The van der Waals surface area contributed by atoms with E-state index in [2.05, 4.69) is 9.68 Å². The van der Waals surface area contributed by atoms with Crippen LogP contribution in [0.5, 0.6) is 0 Å². The summed E-state index contributed by atoms with van der Waals surface area (Å²) in [6.07, 6.45) is -0.0924. The van der Waals surface area contributed by atoms with Crippen molar-refractivity contribution < 1.29 is 18.7 Å². The quantitative estimate of drug-likeness (QED) is 0.469. The van der Waals surface area contributed by atoms with E-state index in [1.165, 1.54) is 25.2 Å². The van der Waals surface area contributed by atoms with Crippen LogP contribution >= 0.6 is 0 Å². The second kappa shape index (κ2) is 8.28. The Balaban J connectivity index is 2.74. The van der Waals surface area contributed by atoms with Gasteiger partial charge >= 0.3 is 6.09 Å². The summed E-state index contributed by atoms with van der Waals surface area (Å²) in [6, 6.07) is 4.20. The van der Waals surface area contributed by atoms with Gasteiger partial charge in [-0.1, -0.05) is 0 Å². The average molecular weight is 371 g/mol. The van der Waals surface area contributed by atoms with Crippen LogP contribution in [-0.4, -0.2) is 40.2 Å². The molecule has 1 atom stereocenters. The highest BCUT2D eigenvalue weighted by molar-refractivity contribution is 7.93. The molecule has 0 radical (unpaired) electrons. The van der Waals surface area contributed by atoms with Crippen molar-refractivity contribution in [3.05, 3.63) is 33.9 Å². The summed E-state index contributed by atoms with van der Waals surface area (Å²) >= 11 is 0. The molecule has 0 saturated heterocycles. The molecule has 1 amide bonds. The number of hydrogen-bond donors (Lipinski definition) is 1. The summed E-state index contributed by atoms with van der Waals surface area (Å²) in [4.78, 5) is 22.4. The molecule has 1 aromatic rings. The summed E-state index contributed by atoms with van der Waals surface area (Å²) in [5, 5.41) is 13.4. The number of non-ortho nitro benzene ring substituents is 1. The fraction of sp³-hybridized carbons (Fsp3) is 0.562. The number of carbonyl (C=O) groups excluding carboxylic acids is 1. The normalized spacial score (nSPS) is 13.6. The summed E-state index contributed by atoms with van der Waals surface area (Å²) < 4.78 is 22.2. The number of benzene rings is 1. The minimum atomic E-state index is -2.70. The van der Waals surface area contributed by atoms with Gasteiger partial charge in [0.2, 0.25) is 0 Å². The van der Waals surface area contributed by atoms with Gasteiger partial charge in [-0.15, -0.1) is 0 Å². The molecule has 25 heavy (non-hydrogen) atoms. The molecular formula is C16H25N3O5S. The standard InChI is InChI=1S/C16H25N3O5S/c1-12-11-13(19(21)22)7-8-14(12)25(23,17-5)10-6-9-18-15(20)24-16(2,3)4/h7-8,11H,6,9-10H2,1-5H3,(H,18,20). The predicted molar refractivity (Wildman–Crippen MR) is 96.3 cm³/mol.